The van der Waals surface area contributed by atoms with Crippen molar-refractivity contribution in [2.24, 2.45) is 0 Å². The lowest BCUT2D eigenvalue weighted by molar-refractivity contribution is 0.122. The number of thiophene rings is 1. The molecule has 2 aliphatic rings. The summed E-state index contributed by atoms with van der Waals surface area (Å²) in [5.74, 6) is 1.87. The Morgan fingerprint density at radius 3 is 2.72 bits per heavy atom. The third kappa shape index (κ3) is 2.51. The van der Waals surface area contributed by atoms with E-state index in [0.29, 0.717) is 5.82 Å². The van der Waals surface area contributed by atoms with Gasteiger partial charge in [-0.25, -0.2) is 19.9 Å². The lowest BCUT2D eigenvalue weighted by Crippen LogP contribution is -2.36. The number of hydrogen-bond acceptors (Lipinski definition) is 9. The molecule has 8 nitrogen and oxygen atoms in total. The van der Waals surface area contributed by atoms with Gasteiger partial charge >= 0.3 is 0 Å². The van der Waals surface area contributed by atoms with E-state index in [0.717, 1.165) is 61.0 Å². The number of nitrogens with zero attached hydrogens (tertiary/aromatic N) is 5. The van der Waals surface area contributed by atoms with E-state index in [1.807, 2.05) is 0 Å². The molecule has 25 heavy (non-hydrogen) atoms. The first kappa shape index (κ1) is 14.9. The molecule has 3 aromatic heterocycles. The summed E-state index contributed by atoms with van der Waals surface area (Å²) in [6, 6.07) is 0. The number of hydrogen-bond donors (Lipinski definition) is 2. The van der Waals surface area contributed by atoms with Crippen molar-refractivity contribution < 1.29 is 4.74 Å². The molecule has 5 heterocycles. The van der Waals surface area contributed by atoms with E-state index in [-0.39, 0.29) is 5.95 Å². The van der Waals surface area contributed by atoms with Gasteiger partial charge < -0.3 is 20.7 Å². The minimum Gasteiger partial charge on any atom is -0.378 e. The molecular weight excluding hydrogens is 338 g/mol. The summed E-state index contributed by atoms with van der Waals surface area (Å²) in [6.07, 6.45) is 3.36. The van der Waals surface area contributed by atoms with E-state index in [9.17, 15) is 0 Å². The lowest BCUT2D eigenvalue weighted by Gasteiger charge is -2.28. The monoisotopic (exact) mass is 355 g/mol. The molecule has 2 aliphatic heterocycles. The van der Waals surface area contributed by atoms with Crippen LogP contribution in [0.3, 0.4) is 0 Å². The zero-order valence-corrected chi connectivity index (χ0v) is 14.3. The van der Waals surface area contributed by atoms with Gasteiger partial charge in [0.05, 0.1) is 29.0 Å². The molecular formula is C16H17N7OS. The molecule has 3 N–H and O–H groups in total. The predicted octanol–water partition coefficient (Wildman–Crippen LogP) is 1.17. The Morgan fingerprint density at radius 1 is 1.12 bits per heavy atom. The van der Waals surface area contributed by atoms with Crippen molar-refractivity contribution in [3.8, 4) is 11.4 Å². The minimum absolute atomic E-state index is 0.249. The maximum atomic E-state index is 5.61. The van der Waals surface area contributed by atoms with Gasteiger partial charge in [-0.15, -0.1) is 11.3 Å². The summed E-state index contributed by atoms with van der Waals surface area (Å²) in [6.45, 7) is 4.87. The van der Waals surface area contributed by atoms with Gasteiger partial charge in [0.25, 0.3) is 0 Å². The smallest absolute Gasteiger partial charge is 0.219 e. The van der Waals surface area contributed by atoms with E-state index in [1.54, 1.807) is 23.7 Å². The van der Waals surface area contributed by atoms with Crippen molar-refractivity contribution in [1.82, 2.24) is 25.3 Å². The largest absolute Gasteiger partial charge is 0.378 e. The maximum Gasteiger partial charge on any atom is 0.219 e. The van der Waals surface area contributed by atoms with Gasteiger partial charge in [-0.3, -0.25) is 0 Å². The van der Waals surface area contributed by atoms with E-state index in [2.05, 4.69) is 20.2 Å². The molecule has 0 aromatic carbocycles. The van der Waals surface area contributed by atoms with Crippen molar-refractivity contribution in [2.45, 2.75) is 13.1 Å². The van der Waals surface area contributed by atoms with Gasteiger partial charge in [-0.2, -0.15) is 0 Å². The van der Waals surface area contributed by atoms with Gasteiger partial charge in [-0.1, -0.05) is 0 Å². The number of morpholine rings is 1. The second-order valence-electron chi connectivity index (χ2n) is 6.09. The van der Waals surface area contributed by atoms with Crippen LogP contribution in [-0.4, -0.2) is 46.2 Å². The zero-order chi connectivity index (χ0) is 16.8. The molecule has 0 unspecified atom stereocenters. The fourth-order valence-electron chi connectivity index (χ4n) is 3.25. The van der Waals surface area contributed by atoms with Crippen molar-refractivity contribution in [3.05, 3.63) is 22.8 Å². The van der Waals surface area contributed by atoms with Crippen LogP contribution >= 0.6 is 11.3 Å². The van der Waals surface area contributed by atoms with Gasteiger partial charge in [-0.05, 0) is 0 Å². The fourth-order valence-corrected chi connectivity index (χ4v) is 4.50. The molecule has 3 aromatic rings. The Labute approximate surface area is 148 Å². The number of nitrogens with two attached hydrogens (primary N) is 1. The Balaban J connectivity index is 1.71. The Bertz CT molecular complexity index is 934. The van der Waals surface area contributed by atoms with Crippen LogP contribution in [0, 0.1) is 0 Å². The molecule has 0 aliphatic carbocycles. The lowest BCUT2D eigenvalue weighted by atomic mass is 10.2. The van der Waals surface area contributed by atoms with Gasteiger partial charge in [0.2, 0.25) is 5.95 Å². The molecule has 0 radical (unpaired) electrons. The van der Waals surface area contributed by atoms with Gasteiger partial charge in [0.1, 0.15) is 0 Å². The summed E-state index contributed by atoms with van der Waals surface area (Å²) in [5.41, 5.74) is 8.70. The SMILES string of the molecule is Nc1ncc(-c2nc(N3CCOCC3)c3sc4c(c3n2)CNC4)cn1. The standard InChI is InChI=1S/C16H17N7OS/c17-16-19-5-9(6-20-16)14-21-12-10-7-18-8-11(10)25-13(12)15(22-14)23-1-3-24-4-2-23/h5-6,18H,1-4,7-8H2,(H2,17,19,20). The summed E-state index contributed by atoms with van der Waals surface area (Å²) in [4.78, 5) is 21.5. The average Bonchev–Trinajstić information content (AvgIpc) is 3.24. The van der Waals surface area contributed by atoms with Crippen molar-refractivity contribution in [3.63, 3.8) is 0 Å². The van der Waals surface area contributed by atoms with Gasteiger partial charge in [0, 0.05) is 49.0 Å². The highest BCUT2D eigenvalue weighted by Crippen LogP contribution is 2.39. The number of fused-ring (bicyclic) bond motifs is 3. The van der Waals surface area contributed by atoms with E-state index < -0.39 is 0 Å². The summed E-state index contributed by atoms with van der Waals surface area (Å²) >= 11 is 1.79. The topological polar surface area (TPSA) is 102 Å². The quantitative estimate of drug-likeness (QED) is 0.706. The average molecular weight is 355 g/mol. The number of ether oxygens (including phenoxy) is 1. The summed E-state index contributed by atoms with van der Waals surface area (Å²) in [5, 5.41) is 3.40. The van der Waals surface area contributed by atoms with Crippen LogP contribution in [0.25, 0.3) is 21.6 Å². The second kappa shape index (κ2) is 5.87. The van der Waals surface area contributed by atoms with Crippen molar-refractivity contribution >= 4 is 33.3 Å². The van der Waals surface area contributed by atoms with Crippen LogP contribution in [0.2, 0.25) is 0 Å². The molecule has 0 saturated carbocycles. The Morgan fingerprint density at radius 2 is 1.92 bits per heavy atom. The highest BCUT2D eigenvalue weighted by atomic mass is 32.1. The number of aromatic nitrogens is 4. The van der Waals surface area contributed by atoms with E-state index in [1.165, 1.54) is 10.4 Å². The molecule has 0 atom stereocenters. The normalized spacial score (nSPS) is 17.2. The van der Waals surface area contributed by atoms with Gasteiger partial charge in [0.15, 0.2) is 11.6 Å². The number of nitrogens with one attached hydrogen (secondary N) is 1. The fraction of sp³-hybridized carbons (Fsp3) is 0.375. The molecule has 0 spiro atoms. The van der Waals surface area contributed by atoms with Crippen molar-refractivity contribution in [2.75, 3.05) is 36.9 Å². The van der Waals surface area contributed by atoms with Crippen molar-refractivity contribution in [1.29, 1.82) is 0 Å². The molecule has 1 fully saturated rings. The highest BCUT2D eigenvalue weighted by Gasteiger charge is 2.25. The molecule has 9 heteroatoms. The summed E-state index contributed by atoms with van der Waals surface area (Å²) in [7, 11) is 0. The molecule has 0 bridgehead atoms. The zero-order valence-electron chi connectivity index (χ0n) is 13.5. The van der Waals surface area contributed by atoms with Crippen LogP contribution in [0.5, 0.6) is 0 Å². The summed E-state index contributed by atoms with van der Waals surface area (Å²) < 4.78 is 6.66. The third-order valence-electron chi connectivity index (χ3n) is 4.52. The van der Waals surface area contributed by atoms with Crippen LogP contribution in [0.15, 0.2) is 12.4 Å². The van der Waals surface area contributed by atoms with Crippen LogP contribution in [0.1, 0.15) is 10.4 Å². The molecule has 0 amide bonds. The third-order valence-corrected chi connectivity index (χ3v) is 5.74. The minimum atomic E-state index is 0.249. The van der Waals surface area contributed by atoms with Crippen LogP contribution < -0.4 is 16.0 Å². The number of nitrogen functional groups attached to an aromatic ring is 1. The predicted molar refractivity (Wildman–Crippen MR) is 96.4 cm³/mol. The van der Waals surface area contributed by atoms with Crippen LogP contribution in [-0.2, 0) is 17.8 Å². The molecule has 1 saturated heterocycles. The van der Waals surface area contributed by atoms with Crippen LogP contribution in [0.4, 0.5) is 11.8 Å². The Hall–Kier alpha value is -2.36. The highest BCUT2D eigenvalue weighted by molar-refractivity contribution is 7.19. The molecule has 128 valence electrons. The Kier molecular flexibility index (Phi) is 3.51. The van der Waals surface area contributed by atoms with E-state index in [4.69, 9.17) is 20.4 Å². The number of rotatable bonds is 2. The first-order valence-electron chi connectivity index (χ1n) is 8.23. The first-order chi connectivity index (χ1) is 12.3. The maximum absolute atomic E-state index is 5.61. The number of anilines is 2. The first-order valence-corrected chi connectivity index (χ1v) is 9.05. The van der Waals surface area contributed by atoms with E-state index >= 15 is 0 Å². The second-order valence-corrected chi connectivity index (χ2v) is 7.19. The molecule has 5 rings (SSSR count).